The lowest BCUT2D eigenvalue weighted by Crippen LogP contribution is -2.45. The molecule has 1 saturated carbocycles. The molecule has 0 spiro atoms. The van der Waals surface area contributed by atoms with E-state index in [0.29, 0.717) is 6.04 Å². The molecule has 0 aliphatic heterocycles. The van der Waals surface area contributed by atoms with E-state index in [2.05, 4.69) is 23.9 Å². The van der Waals surface area contributed by atoms with Crippen LogP contribution < -0.4 is 0 Å². The van der Waals surface area contributed by atoms with Crippen molar-refractivity contribution >= 4 is 0 Å². The molecule has 100 valence electrons. The average Bonchev–Trinajstić information content (AvgIpc) is 2.40. The summed E-state index contributed by atoms with van der Waals surface area (Å²) in [5.41, 5.74) is 1.26. The molecule has 0 radical (unpaired) electrons. The third kappa shape index (κ3) is 3.30. The highest BCUT2D eigenvalue weighted by molar-refractivity contribution is 5.09. The Kier molecular flexibility index (Phi) is 4.72. The van der Waals surface area contributed by atoms with Gasteiger partial charge in [-0.05, 0) is 49.9 Å². The minimum Gasteiger partial charge on any atom is -0.391 e. The summed E-state index contributed by atoms with van der Waals surface area (Å²) in [5.74, 6) is 0.776. The largest absolute Gasteiger partial charge is 0.391 e. The third-order valence-corrected chi connectivity index (χ3v) is 4.21. The molecule has 1 aliphatic rings. The molecule has 1 aromatic rings. The molecule has 1 aliphatic carbocycles. The second-order valence-electron chi connectivity index (χ2n) is 5.49. The van der Waals surface area contributed by atoms with Crippen LogP contribution in [0.3, 0.4) is 0 Å². The van der Waals surface area contributed by atoms with Crippen LogP contribution in [0.1, 0.15) is 38.2 Å². The summed E-state index contributed by atoms with van der Waals surface area (Å²) in [7, 11) is 2.12. The fourth-order valence-corrected chi connectivity index (χ4v) is 2.95. The number of aromatic nitrogens is 1. The van der Waals surface area contributed by atoms with Crippen LogP contribution in [0, 0.1) is 5.92 Å². The van der Waals surface area contributed by atoms with Gasteiger partial charge in [-0.2, -0.15) is 0 Å². The monoisotopic (exact) mass is 248 g/mol. The second kappa shape index (κ2) is 6.30. The van der Waals surface area contributed by atoms with Crippen LogP contribution in [-0.4, -0.2) is 34.2 Å². The standard InChI is InChI=1S/C15H24N2O/c1-3-12-4-5-15(18)14(10-12)17(2)11-13-6-8-16-9-7-13/h6-9,12,14-15,18H,3-5,10-11H2,1-2H3. The number of likely N-dealkylation sites (N-methyl/N-ethyl adjacent to an activating group) is 1. The normalized spacial score (nSPS) is 28.6. The topological polar surface area (TPSA) is 36.4 Å². The maximum Gasteiger partial charge on any atom is 0.0695 e. The molecule has 1 N–H and O–H groups in total. The van der Waals surface area contributed by atoms with Gasteiger partial charge in [-0.15, -0.1) is 0 Å². The molecular formula is C15H24N2O. The lowest BCUT2D eigenvalue weighted by atomic mass is 9.81. The fourth-order valence-electron chi connectivity index (χ4n) is 2.95. The van der Waals surface area contributed by atoms with Crippen LogP contribution in [0.2, 0.25) is 0 Å². The highest BCUT2D eigenvalue weighted by Crippen LogP contribution is 2.30. The quantitative estimate of drug-likeness (QED) is 0.889. The van der Waals surface area contributed by atoms with E-state index in [9.17, 15) is 5.11 Å². The second-order valence-corrected chi connectivity index (χ2v) is 5.49. The Bertz CT molecular complexity index is 355. The van der Waals surface area contributed by atoms with Gasteiger partial charge in [0.05, 0.1) is 6.10 Å². The summed E-state index contributed by atoms with van der Waals surface area (Å²) in [4.78, 5) is 6.33. The van der Waals surface area contributed by atoms with E-state index in [4.69, 9.17) is 0 Å². The molecule has 1 aromatic heterocycles. The van der Waals surface area contributed by atoms with Gasteiger partial charge in [0.1, 0.15) is 0 Å². The number of hydrogen-bond acceptors (Lipinski definition) is 3. The first kappa shape index (κ1) is 13.5. The van der Waals surface area contributed by atoms with Crippen molar-refractivity contribution in [3.05, 3.63) is 30.1 Å². The molecule has 0 aromatic carbocycles. The van der Waals surface area contributed by atoms with E-state index in [-0.39, 0.29) is 6.10 Å². The van der Waals surface area contributed by atoms with Crippen LogP contribution in [0.15, 0.2) is 24.5 Å². The zero-order chi connectivity index (χ0) is 13.0. The van der Waals surface area contributed by atoms with Gasteiger partial charge in [0.2, 0.25) is 0 Å². The van der Waals surface area contributed by atoms with E-state index < -0.39 is 0 Å². The van der Waals surface area contributed by atoms with Crippen molar-refractivity contribution < 1.29 is 5.11 Å². The van der Waals surface area contributed by atoms with Crippen molar-refractivity contribution in [2.75, 3.05) is 7.05 Å². The van der Waals surface area contributed by atoms with Crippen LogP contribution in [-0.2, 0) is 6.54 Å². The maximum absolute atomic E-state index is 10.2. The highest BCUT2D eigenvalue weighted by Gasteiger charge is 2.30. The van der Waals surface area contributed by atoms with E-state index in [1.54, 1.807) is 0 Å². The van der Waals surface area contributed by atoms with E-state index in [1.165, 1.54) is 18.4 Å². The Morgan fingerprint density at radius 3 is 2.72 bits per heavy atom. The number of aliphatic hydroxyl groups excluding tert-OH is 1. The highest BCUT2D eigenvalue weighted by atomic mass is 16.3. The van der Waals surface area contributed by atoms with Gasteiger partial charge in [-0.25, -0.2) is 0 Å². The van der Waals surface area contributed by atoms with Crippen molar-refractivity contribution in [1.29, 1.82) is 0 Å². The molecule has 3 atom stereocenters. The molecule has 0 saturated heterocycles. The number of aliphatic hydroxyl groups is 1. The molecule has 0 bridgehead atoms. The fraction of sp³-hybridized carbons (Fsp3) is 0.667. The van der Waals surface area contributed by atoms with Crippen molar-refractivity contribution in [1.82, 2.24) is 9.88 Å². The average molecular weight is 248 g/mol. The van der Waals surface area contributed by atoms with Gasteiger partial charge in [0.15, 0.2) is 0 Å². The number of pyridine rings is 1. The molecule has 3 unspecified atom stereocenters. The zero-order valence-electron chi connectivity index (χ0n) is 11.4. The van der Waals surface area contributed by atoms with E-state index >= 15 is 0 Å². The molecule has 1 heterocycles. The van der Waals surface area contributed by atoms with Gasteiger partial charge in [-0.3, -0.25) is 9.88 Å². The summed E-state index contributed by atoms with van der Waals surface area (Å²) < 4.78 is 0. The number of nitrogens with zero attached hydrogens (tertiary/aromatic N) is 2. The molecular weight excluding hydrogens is 224 g/mol. The minimum absolute atomic E-state index is 0.167. The third-order valence-electron chi connectivity index (χ3n) is 4.21. The van der Waals surface area contributed by atoms with Gasteiger partial charge < -0.3 is 5.11 Å². The first-order valence-electron chi connectivity index (χ1n) is 6.98. The first-order valence-corrected chi connectivity index (χ1v) is 6.98. The predicted octanol–water partition coefficient (Wildman–Crippen LogP) is 2.45. The molecule has 3 nitrogen and oxygen atoms in total. The lowest BCUT2D eigenvalue weighted by molar-refractivity contribution is 0.0105. The van der Waals surface area contributed by atoms with Gasteiger partial charge >= 0.3 is 0 Å². The maximum atomic E-state index is 10.2. The molecule has 2 rings (SSSR count). The summed E-state index contributed by atoms with van der Waals surface area (Å²) in [6.45, 7) is 3.14. The molecule has 18 heavy (non-hydrogen) atoms. The minimum atomic E-state index is -0.167. The van der Waals surface area contributed by atoms with Crippen LogP contribution in [0.5, 0.6) is 0 Å². The summed E-state index contributed by atoms with van der Waals surface area (Å²) in [6, 6.07) is 4.39. The van der Waals surface area contributed by atoms with E-state index in [0.717, 1.165) is 25.3 Å². The van der Waals surface area contributed by atoms with Crippen molar-refractivity contribution in [3.63, 3.8) is 0 Å². The zero-order valence-corrected chi connectivity index (χ0v) is 11.4. The Balaban J connectivity index is 1.96. The van der Waals surface area contributed by atoms with Gasteiger partial charge in [0.25, 0.3) is 0 Å². The summed E-state index contributed by atoms with van der Waals surface area (Å²) in [6.07, 6.45) is 7.97. The van der Waals surface area contributed by atoms with Gasteiger partial charge in [0, 0.05) is 25.0 Å². The van der Waals surface area contributed by atoms with Crippen molar-refractivity contribution in [2.45, 2.75) is 51.3 Å². The van der Waals surface area contributed by atoms with Crippen LogP contribution >= 0.6 is 0 Å². The number of rotatable bonds is 4. The van der Waals surface area contributed by atoms with Crippen molar-refractivity contribution in [3.8, 4) is 0 Å². The first-order chi connectivity index (χ1) is 8.70. The lowest BCUT2D eigenvalue weighted by Gasteiger charge is -2.38. The Hall–Kier alpha value is -0.930. The SMILES string of the molecule is CCC1CCC(O)C(N(C)Cc2ccncc2)C1. The Morgan fingerprint density at radius 2 is 2.06 bits per heavy atom. The van der Waals surface area contributed by atoms with Gasteiger partial charge in [-0.1, -0.05) is 13.3 Å². The van der Waals surface area contributed by atoms with E-state index in [1.807, 2.05) is 24.5 Å². The Morgan fingerprint density at radius 1 is 1.33 bits per heavy atom. The summed E-state index contributed by atoms with van der Waals surface area (Å²) in [5, 5.41) is 10.2. The smallest absolute Gasteiger partial charge is 0.0695 e. The summed E-state index contributed by atoms with van der Waals surface area (Å²) >= 11 is 0. The molecule has 1 fully saturated rings. The van der Waals surface area contributed by atoms with Crippen LogP contribution in [0.4, 0.5) is 0 Å². The molecule has 0 amide bonds. The van der Waals surface area contributed by atoms with Crippen LogP contribution in [0.25, 0.3) is 0 Å². The van der Waals surface area contributed by atoms with Crippen molar-refractivity contribution in [2.24, 2.45) is 5.92 Å². The molecule has 3 heteroatoms. The predicted molar refractivity (Wildman–Crippen MR) is 73.1 cm³/mol. The number of hydrogen-bond donors (Lipinski definition) is 1. The Labute approximate surface area is 110 Å².